The first-order chi connectivity index (χ1) is 13.7. The fraction of sp³-hybridized carbons (Fsp3) is 0.417. The number of hydrogen-bond donors (Lipinski definition) is 2. The van der Waals surface area contributed by atoms with Gasteiger partial charge in [0.15, 0.2) is 0 Å². The predicted molar refractivity (Wildman–Crippen MR) is 123 cm³/mol. The zero-order valence-electron chi connectivity index (χ0n) is 19.2. The van der Waals surface area contributed by atoms with Crippen LogP contribution >= 0.6 is 0 Å². The second kappa shape index (κ2) is 17.4. The number of hydrogen-bond acceptors (Lipinski definition) is 2. The molecule has 0 bridgehead atoms. The van der Waals surface area contributed by atoms with Crippen molar-refractivity contribution in [2.75, 3.05) is 10.6 Å². The van der Waals surface area contributed by atoms with Gasteiger partial charge in [-0.05, 0) is 48.7 Å². The lowest BCUT2D eigenvalue weighted by Crippen LogP contribution is -2.07. The Balaban J connectivity index is 0. The molecule has 4 nitrogen and oxygen atoms in total. The Hall–Kier alpha value is -2.69. The minimum absolute atomic E-state index is 0.0319. The molecule has 0 unspecified atom stereocenters. The van der Waals surface area contributed by atoms with Crippen LogP contribution in [-0.2, 0) is 16.0 Å². The molecular weight excluding hydrogens is 367 g/mol. The monoisotopic (exact) mass is 404 g/mol. The van der Waals surface area contributed by atoms with E-state index in [4.69, 9.17) is 0 Å². The Morgan fingerprint density at radius 2 is 1.45 bits per heavy atom. The fourth-order valence-electron chi connectivity index (χ4n) is 2.00. The van der Waals surface area contributed by atoms with Crippen LogP contribution < -0.4 is 10.6 Å². The van der Waals surface area contributed by atoms with E-state index < -0.39 is 5.82 Å². The molecule has 0 aromatic heterocycles. The highest BCUT2D eigenvalue weighted by atomic mass is 19.1. The number of amides is 2. The average Bonchev–Trinajstić information content (AvgIpc) is 2.65. The summed E-state index contributed by atoms with van der Waals surface area (Å²) in [6.07, 6.45) is 2.08. The van der Waals surface area contributed by atoms with Gasteiger partial charge in [0.25, 0.3) is 0 Å². The van der Waals surface area contributed by atoms with Crippen LogP contribution in [0.5, 0.6) is 0 Å². The third-order valence-electron chi connectivity index (χ3n) is 3.09. The van der Waals surface area contributed by atoms with Gasteiger partial charge in [-0.25, -0.2) is 4.39 Å². The normalized spacial score (nSPS) is 8.72. The van der Waals surface area contributed by atoms with Gasteiger partial charge >= 0.3 is 0 Å². The Morgan fingerprint density at radius 1 is 0.897 bits per heavy atom. The third kappa shape index (κ3) is 15.0. The first-order valence-electron chi connectivity index (χ1n) is 10.1. The fourth-order valence-corrected chi connectivity index (χ4v) is 2.00. The predicted octanol–water partition coefficient (Wildman–Crippen LogP) is 6.74. The number of nitrogens with one attached hydrogen (secondary N) is 2. The number of rotatable bonds is 3. The largest absolute Gasteiger partial charge is 0.326 e. The molecule has 0 saturated carbocycles. The van der Waals surface area contributed by atoms with Crippen molar-refractivity contribution in [2.45, 2.75) is 68.2 Å². The van der Waals surface area contributed by atoms with Crippen molar-refractivity contribution in [3.8, 4) is 0 Å². The summed E-state index contributed by atoms with van der Waals surface area (Å²) < 4.78 is 13.1. The van der Waals surface area contributed by atoms with Crippen LogP contribution in [0, 0.1) is 12.7 Å². The highest BCUT2D eigenvalue weighted by Gasteiger charge is 2.03. The summed E-state index contributed by atoms with van der Waals surface area (Å²) in [6, 6.07) is 12.4. The molecule has 2 rings (SSSR count). The van der Waals surface area contributed by atoms with Gasteiger partial charge in [0.2, 0.25) is 11.8 Å². The molecule has 2 amide bonds. The van der Waals surface area contributed by atoms with Crippen molar-refractivity contribution >= 4 is 23.2 Å². The van der Waals surface area contributed by atoms with E-state index in [1.807, 2.05) is 52.0 Å². The molecule has 0 radical (unpaired) electrons. The van der Waals surface area contributed by atoms with E-state index in [1.54, 1.807) is 12.1 Å². The first-order valence-corrected chi connectivity index (χ1v) is 10.1. The molecule has 0 aliphatic heterocycles. The minimum Gasteiger partial charge on any atom is -0.326 e. The van der Waals surface area contributed by atoms with Crippen molar-refractivity contribution in [2.24, 2.45) is 0 Å². The van der Waals surface area contributed by atoms with Crippen molar-refractivity contribution in [1.82, 2.24) is 0 Å². The number of halogens is 1. The van der Waals surface area contributed by atoms with Crippen molar-refractivity contribution < 1.29 is 14.0 Å². The highest BCUT2D eigenvalue weighted by Crippen LogP contribution is 2.16. The molecular formula is C24H37FN2O2. The van der Waals surface area contributed by atoms with Crippen molar-refractivity contribution in [3.05, 3.63) is 59.4 Å². The van der Waals surface area contributed by atoms with E-state index in [0.29, 0.717) is 0 Å². The Labute approximate surface area is 175 Å². The number of benzene rings is 2. The summed E-state index contributed by atoms with van der Waals surface area (Å²) in [4.78, 5) is 21.3. The zero-order valence-corrected chi connectivity index (χ0v) is 19.2. The standard InChI is InChI=1S/C10H12FNO.C9H11NO.C3H8.C2H6/c1-3-8-4-5-9(11)10(6-8)12-7(2)13;1-7-4-3-5-9(6-7)10-8(2)11;1-3-2;1-2/h4-6H,3H2,1-2H3,(H,12,13);3-6H,1-2H3,(H,10,11);3H2,1-2H3;1-2H3. The number of aryl methyl sites for hydroxylation is 2. The van der Waals surface area contributed by atoms with E-state index >= 15 is 0 Å². The zero-order chi connectivity index (χ0) is 22.8. The van der Waals surface area contributed by atoms with Gasteiger partial charge < -0.3 is 10.6 Å². The van der Waals surface area contributed by atoms with E-state index in [2.05, 4.69) is 24.5 Å². The van der Waals surface area contributed by atoms with E-state index in [0.717, 1.165) is 23.2 Å². The molecule has 162 valence electrons. The van der Waals surface area contributed by atoms with Crippen LogP contribution in [0.1, 0.15) is 66.0 Å². The molecule has 0 spiro atoms. The highest BCUT2D eigenvalue weighted by molar-refractivity contribution is 5.89. The molecule has 0 aliphatic carbocycles. The number of anilines is 2. The molecule has 2 N–H and O–H groups in total. The summed E-state index contributed by atoms with van der Waals surface area (Å²) in [6.45, 7) is 15.1. The maximum atomic E-state index is 13.1. The van der Waals surface area contributed by atoms with E-state index in [1.165, 1.54) is 26.3 Å². The molecule has 0 heterocycles. The molecule has 0 aliphatic rings. The Morgan fingerprint density at radius 3 is 1.90 bits per heavy atom. The van der Waals surface area contributed by atoms with Gasteiger partial charge in [0.1, 0.15) is 5.82 Å². The number of carbonyl (C=O) groups is 2. The Kier molecular flexibility index (Phi) is 17.1. The second-order valence-corrected chi connectivity index (χ2v) is 6.11. The van der Waals surface area contributed by atoms with E-state index in [-0.39, 0.29) is 17.5 Å². The third-order valence-corrected chi connectivity index (χ3v) is 3.09. The lowest BCUT2D eigenvalue weighted by Gasteiger charge is -2.05. The summed E-state index contributed by atoms with van der Waals surface area (Å²) in [5.41, 5.74) is 3.27. The lowest BCUT2D eigenvalue weighted by atomic mass is 10.1. The molecule has 2 aromatic rings. The van der Waals surface area contributed by atoms with Crippen LogP contribution in [0.3, 0.4) is 0 Å². The smallest absolute Gasteiger partial charge is 0.221 e. The van der Waals surface area contributed by atoms with Gasteiger partial charge in [-0.2, -0.15) is 0 Å². The number of carbonyl (C=O) groups excluding carboxylic acids is 2. The summed E-state index contributed by atoms with van der Waals surface area (Å²) in [5.74, 6) is -0.685. The summed E-state index contributed by atoms with van der Waals surface area (Å²) >= 11 is 0. The van der Waals surface area contributed by atoms with Crippen LogP contribution in [0.25, 0.3) is 0 Å². The first kappa shape index (κ1) is 28.5. The molecule has 0 atom stereocenters. The average molecular weight is 405 g/mol. The Bertz CT molecular complexity index is 731. The molecule has 0 saturated heterocycles. The maximum Gasteiger partial charge on any atom is 0.221 e. The molecule has 5 heteroatoms. The van der Waals surface area contributed by atoms with Crippen LogP contribution in [-0.4, -0.2) is 11.8 Å². The van der Waals surface area contributed by atoms with Gasteiger partial charge in [0, 0.05) is 19.5 Å². The van der Waals surface area contributed by atoms with E-state index in [9.17, 15) is 14.0 Å². The van der Waals surface area contributed by atoms with Crippen LogP contribution in [0.2, 0.25) is 0 Å². The van der Waals surface area contributed by atoms with Crippen LogP contribution in [0.4, 0.5) is 15.8 Å². The minimum atomic E-state index is -0.396. The summed E-state index contributed by atoms with van der Waals surface area (Å²) in [5, 5.41) is 5.14. The van der Waals surface area contributed by atoms with Gasteiger partial charge in [-0.1, -0.05) is 59.2 Å². The van der Waals surface area contributed by atoms with Gasteiger partial charge in [-0.15, -0.1) is 0 Å². The lowest BCUT2D eigenvalue weighted by molar-refractivity contribution is -0.115. The SMILES string of the molecule is CC.CC(=O)Nc1cccc(C)c1.CCC.CCc1ccc(F)c(NC(C)=O)c1. The van der Waals surface area contributed by atoms with Crippen molar-refractivity contribution in [3.63, 3.8) is 0 Å². The quantitative estimate of drug-likeness (QED) is 0.595. The van der Waals surface area contributed by atoms with Crippen LogP contribution in [0.15, 0.2) is 42.5 Å². The maximum absolute atomic E-state index is 13.1. The van der Waals surface area contributed by atoms with Gasteiger partial charge in [-0.3, -0.25) is 9.59 Å². The molecule has 0 fully saturated rings. The second-order valence-electron chi connectivity index (χ2n) is 6.11. The molecule has 2 aromatic carbocycles. The molecule has 29 heavy (non-hydrogen) atoms. The van der Waals surface area contributed by atoms with Crippen molar-refractivity contribution in [1.29, 1.82) is 0 Å². The van der Waals surface area contributed by atoms with Gasteiger partial charge in [0.05, 0.1) is 5.69 Å². The summed E-state index contributed by atoms with van der Waals surface area (Å²) in [7, 11) is 0. The topological polar surface area (TPSA) is 58.2 Å².